The van der Waals surface area contributed by atoms with Gasteiger partial charge in [0.25, 0.3) is 0 Å². The smallest absolute Gasteiger partial charge is 0.241 e. The number of aryl methyl sites for hydroxylation is 1. The number of rotatable bonds is 5. The number of carbonyl (C=O) groups excluding carboxylic acids is 1. The van der Waals surface area contributed by atoms with Crippen LogP contribution in [0.3, 0.4) is 0 Å². The van der Waals surface area contributed by atoms with Crippen LogP contribution in [0.5, 0.6) is 5.75 Å². The molecule has 26 heavy (non-hydrogen) atoms. The standard InChI is InChI=1S/C19H30N2O4S/c1-14-6-7-15(16(12-14)25-18(2,3)4)13-21-17(22)19(26(5,23)24)8-10-20-11-9-19/h6-7,12,20H,8-11,13H2,1-5H3,(H,21,22). The maximum absolute atomic E-state index is 12.8. The lowest BCUT2D eigenvalue weighted by molar-refractivity contribution is -0.124. The zero-order chi connectivity index (χ0) is 19.6. The number of nitrogens with one attached hydrogen (secondary N) is 2. The highest BCUT2D eigenvalue weighted by Gasteiger charge is 2.48. The zero-order valence-electron chi connectivity index (χ0n) is 16.3. The summed E-state index contributed by atoms with van der Waals surface area (Å²) in [6.07, 6.45) is 1.73. The van der Waals surface area contributed by atoms with Gasteiger partial charge in [0.05, 0.1) is 0 Å². The minimum atomic E-state index is -3.52. The Kier molecular flexibility index (Phi) is 6.02. The second-order valence-corrected chi connectivity index (χ2v) is 10.4. The third-order valence-corrected chi connectivity index (χ3v) is 6.63. The first-order valence-electron chi connectivity index (χ1n) is 8.92. The molecule has 0 saturated carbocycles. The van der Waals surface area contributed by atoms with Crippen LogP contribution in [-0.4, -0.2) is 44.0 Å². The molecule has 0 unspecified atom stereocenters. The van der Waals surface area contributed by atoms with E-state index in [1.54, 1.807) is 0 Å². The molecule has 2 N–H and O–H groups in total. The van der Waals surface area contributed by atoms with Gasteiger partial charge in [0.15, 0.2) is 14.6 Å². The van der Waals surface area contributed by atoms with Crippen LogP contribution >= 0.6 is 0 Å². The molecule has 1 aliphatic heterocycles. The molecule has 146 valence electrons. The topological polar surface area (TPSA) is 84.5 Å². The van der Waals surface area contributed by atoms with Crippen LogP contribution in [0.2, 0.25) is 0 Å². The summed E-state index contributed by atoms with van der Waals surface area (Å²) in [5.74, 6) is 0.278. The summed E-state index contributed by atoms with van der Waals surface area (Å²) in [5, 5.41) is 5.95. The Morgan fingerprint density at radius 2 is 1.88 bits per heavy atom. The predicted octanol–water partition coefficient (Wildman–Crippen LogP) is 1.96. The highest BCUT2D eigenvalue weighted by Crippen LogP contribution is 2.29. The Morgan fingerprint density at radius 3 is 2.42 bits per heavy atom. The van der Waals surface area contributed by atoms with Crippen LogP contribution in [0.15, 0.2) is 18.2 Å². The largest absolute Gasteiger partial charge is 0.488 e. The van der Waals surface area contributed by atoms with Gasteiger partial charge < -0.3 is 15.4 Å². The summed E-state index contributed by atoms with van der Waals surface area (Å²) >= 11 is 0. The summed E-state index contributed by atoms with van der Waals surface area (Å²) in [4.78, 5) is 12.8. The SMILES string of the molecule is Cc1ccc(CNC(=O)C2(S(C)(=O)=O)CCNCC2)c(OC(C)(C)C)c1. The van der Waals surface area contributed by atoms with Crippen molar-refractivity contribution in [3.8, 4) is 5.75 Å². The van der Waals surface area contributed by atoms with Gasteiger partial charge >= 0.3 is 0 Å². The Morgan fingerprint density at radius 1 is 1.27 bits per heavy atom. The molecule has 1 heterocycles. The summed E-state index contributed by atoms with van der Waals surface area (Å²) in [7, 11) is -3.52. The number of carbonyl (C=O) groups is 1. The number of benzene rings is 1. The summed E-state index contributed by atoms with van der Waals surface area (Å²) in [6, 6.07) is 5.80. The normalized spacial score (nSPS) is 17.6. The number of ether oxygens (including phenoxy) is 1. The molecule has 7 heteroatoms. The molecular formula is C19H30N2O4S. The van der Waals surface area contributed by atoms with Crippen molar-refractivity contribution in [1.82, 2.24) is 10.6 Å². The molecule has 2 rings (SSSR count). The fourth-order valence-electron chi connectivity index (χ4n) is 3.17. The zero-order valence-corrected chi connectivity index (χ0v) is 17.1. The van der Waals surface area contributed by atoms with Crippen molar-refractivity contribution in [1.29, 1.82) is 0 Å². The molecule has 1 saturated heterocycles. The first-order chi connectivity index (χ1) is 11.9. The van der Waals surface area contributed by atoms with Gasteiger partial charge in [-0.15, -0.1) is 0 Å². The molecule has 1 fully saturated rings. The van der Waals surface area contributed by atoms with E-state index in [0.29, 0.717) is 18.8 Å². The van der Waals surface area contributed by atoms with Crippen LogP contribution in [0, 0.1) is 6.92 Å². The average Bonchev–Trinajstić information content (AvgIpc) is 2.52. The molecule has 0 aliphatic carbocycles. The Labute approximate surface area is 156 Å². The Balaban J connectivity index is 2.21. The third kappa shape index (κ3) is 4.76. The number of hydrogen-bond donors (Lipinski definition) is 2. The lowest BCUT2D eigenvalue weighted by Crippen LogP contribution is -2.57. The average molecular weight is 383 g/mol. The molecule has 1 aliphatic rings. The van der Waals surface area contributed by atoms with Gasteiger partial charge in [-0.25, -0.2) is 8.42 Å². The van der Waals surface area contributed by atoms with Crippen LogP contribution in [0.1, 0.15) is 44.7 Å². The number of hydrogen-bond acceptors (Lipinski definition) is 5. The maximum atomic E-state index is 12.8. The van der Waals surface area contributed by atoms with Crippen molar-refractivity contribution in [2.75, 3.05) is 19.3 Å². The van der Waals surface area contributed by atoms with Crippen LogP contribution in [-0.2, 0) is 21.2 Å². The molecule has 1 aromatic carbocycles. The second kappa shape index (κ2) is 7.56. The monoisotopic (exact) mass is 382 g/mol. The first-order valence-corrected chi connectivity index (χ1v) is 10.8. The Bertz CT molecular complexity index is 760. The van der Waals surface area contributed by atoms with Crippen molar-refractivity contribution >= 4 is 15.7 Å². The van der Waals surface area contributed by atoms with Crippen molar-refractivity contribution in [2.45, 2.75) is 57.4 Å². The van der Waals surface area contributed by atoms with Crippen molar-refractivity contribution < 1.29 is 17.9 Å². The van der Waals surface area contributed by atoms with E-state index in [0.717, 1.165) is 17.4 Å². The maximum Gasteiger partial charge on any atom is 0.241 e. The predicted molar refractivity (Wildman–Crippen MR) is 103 cm³/mol. The minimum Gasteiger partial charge on any atom is -0.488 e. The summed E-state index contributed by atoms with van der Waals surface area (Å²) in [5.41, 5.74) is 1.53. The number of amides is 1. The van der Waals surface area contributed by atoms with Gasteiger partial charge in [0.1, 0.15) is 11.4 Å². The molecule has 0 bridgehead atoms. The molecule has 0 spiro atoms. The minimum absolute atomic E-state index is 0.231. The van der Waals surface area contributed by atoms with Gasteiger partial charge in [-0.1, -0.05) is 12.1 Å². The lowest BCUT2D eigenvalue weighted by Gasteiger charge is -2.34. The lowest BCUT2D eigenvalue weighted by atomic mass is 9.95. The van der Waals surface area contributed by atoms with Crippen molar-refractivity contribution in [3.63, 3.8) is 0 Å². The van der Waals surface area contributed by atoms with Gasteiger partial charge in [-0.2, -0.15) is 0 Å². The second-order valence-electron chi connectivity index (χ2n) is 8.02. The molecule has 1 aromatic rings. The van der Waals surface area contributed by atoms with Crippen molar-refractivity contribution in [2.24, 2.45) is 0 Å². The summed E-state index contributed by atoms with van der Waals surface area (Å²) in [6.45, 7) is 9.13. The van der Waals surface area contributed by atoms with E-state index in [4.69, 9.17) is 4.74 Å². The fourth-order valence-corrected chi connectivity index (χ4v) is 4.52. The molecule has 0 aromatic heterocycles. The van der Waals surface area contributed by atoms with Gasteiger partial charge in [-0.3, -0.25) is 4.79 Å². The van der Waals surface area contributed by atoms with E-state index < -0.39 is 20.5 Å². The van der Waals surface area contributed by atoms with Crippen LogP contribution < -0.4 is 15.4 Å². The van der Waals surface area contributed by atoms with Gasteiger partial charge in [0, 0.05) is 18.4 Å². The highest BCUT2D eigenvalue weighted by molar-refractivity contribution is 7.92. The summed E-state index contributed by atoms with van der Waals surface area (Å²) < 4.78 is 29.3. The highest BCUT2D eigenvalue weighted by atomic mass is 32.2. The van der Waals surface area contributed by atoms with Crippen LogP contribution in [0.25, 0.3) is 0 Å². The fraction of sp³-hybridized carbons (Fsp3) is 0.632. The van der Waals surface area contributed by atoms with Crippen molar-refractivity contribution in [3.05, 3.63) is 29.3 Å². The quantitative estimate of drug-likeness (QED) is 0.813. The number of sulfone groups is 1. The third-order valence-electron chi connectivity index (χ3n) is 4.61. The number of piperidine rings is 1. The molecular weight excluding hydrogens is 352 g/mol. The van der Waals surface area contributed by atoms with Crippen LogP contribution in [0.4, 0.5) is 0 Å². The van der Waals surface area contributed by atoms with E-state index in [-0.39, 0.29) is 25.0 Å². The van der Waals surface area contributed by atoms with E-state index in [9.17, 15) is 13.2 Å². The molecule has 0 atom stereocenters. The van der Waals surface area contributed by atoms with E-state index in [2.05, 4.69) is 10.6 Å². The van der Waals surface area contributed by atoms with E-state index in [1.807, 2.05) is 45.9 Å². The first kappa shape index (κ1) is 20.7. The Hall–Kier alpha value is -1.60. The molecule has 1 amide bonds. The van der Waals surface area contributed by atoms with Gasteiger partial charge in [0.2, 0.25) is 5.91 Å². The van der Waals surface area contributed by atoms with E-state index >= 15 is 0 Å². The van der Waals surface area contributed by atoms with E-state index in [1.165, 1.54) is 0 Å². The molecule has 6 nitrogen and oxygen atoms in total. The van der Waals surface area contributed by atoms with Gasteiger partial charge in [-0.05, 0) is 65.3 Å². The molecule has 0 radical (unpaired) electrons.